The molecule has 0 heterocycles. The minimum Gasteiger partial charge on any atom is -0.375 e. The van der Waals surface area contributed by atoms with Gasteiger partial charge in [-0.25, -0.2) is 0 Å². The molecular formula is C34H35NO7S. The first-order valence-electron chi connectivity index (χ1n) is 14.0. The highest BCUT2D eigenvalue weighted by molar-refractivity contribution is 7.85. The van der Waals surface area contributed by atoms with Crippen LogP contribution in [0, 0.1) is 0 Å². The van der Waals surface area contributed by atoms with E-state index < -0.39 is 10.1 Å². The maximum atomic E-state index is 12.6. The topological polar surface area (TPSA) is 110 Å². The number of nitrogens with zero attached hydrogens (tertiary/aromatic N) is 1. The van der Waals surface area contributed by atoms with E-state index in [2.05, 4.69) is 0 Å². The molecule has 0 fully saturated rings. The molecule has 224 valence electrons. The molecule has 43 heavy (non-hydrogen) atoms. The second-order valence-electron chi connectivity index (χ2n) is 10.0. The van der Waals surface area contributed by atoms with Gasteiger partial charge in [-0.1, -0.05) is 109 Å². The van der Waals surface area contributed by atoms with Gasteiger partial charge in [0.2, 0.25) is 0 Å². The molecule has 4 rings (SSSR count). The molecule has 4 aromatic carbocycles. The Kier molecular flexibility index (Phi) is 11.9. The van der Waals surface area contributed by atoms with Gasteiger partial charge < -0.3 is 9.47 Å². The van der Waals surface area contributed by atoms with E-state index in [-0.39, 0.29) is 23.9 Å². The molecule has 0 saturated carbocycles. The van der Waals surface area contributed by atoms with Crippen LogP contribution in [0.2, 0.25) is 0 Å². The molecule has 0 aliphatic carbocycles. The maximum Gasteiger partial charge on any atom is 0.266 e. The zero-order chi connectivity index (χ0) is 30.5. The van der Waals surface area contributed by atoms with Gasteiger partial charge in [0.15, 0.2) is 11.6 Å². The summed E-state index contributed by atoms with van der Waals surface area (Å²) in [7, 11) is -4.11. The standard InChI is InChI=1S/C34H35NO7S/c36-33(29-7-3-1-4-8-29)31-15-11-27(12-16-31)25-41-22-19-35(21-24-43(38,39)40)20-23-42-26-28-13-17-32(18-14-28)34(37)30-9-5-2-6-10-30/h1-18H,19-26H2,(H,38,39,40). The van der Waals surface area contributed by atoms with E-state index in [1.54, 1.807) is 48.5 Å². The van der Waals surface area contributed by atoms with Crippen LogP contribution in [-0.4, -0.2) is 68.0 Å². The number of carbonyl (C=O) groups is 2. The van der Waals surface area contributed by atoms with Crippen molar-refractivity contribution in [2.45, 2.75) is 13.2 Å². The molecule has 0 aliphatic heterocycles. The minimum atomic E-state index is -4.11. The Hall–Kier alpha value is -3.99. The first-order valence-corrected chi connectivity index (χ1v) is 15.6. The SMILES string of the molecule is O=C(c1ccccc1)c1ccc(COCCN(CCOCc2ccc(C(=O)c3ccccc3)cc2)CCS(=O)(=O)O)cc1. The number of benzene rings is 4. The summed E-state index contributed by atoms with van der Waals surface area (Å²) in [4.78, 5) is 27.0. The van der Waals surface area contributed by atoms with Gasteiger partial charge in [-0.3, -0.25) is 19.0 Å². The lowest BCUT2D eigenvalue weighted by molar-refractivity contribution is 0.0661. The fraction of sp³-hybridized carbons (Fsp3) is 0.235. The van der Waals surface area contributed by atoms with Gasteiger partial charge in [-0.2, -0.15) is 8.42 Å². The molecule has 0 radical (unpaired) electrons. The van der Waals surface area contributed by atoms with Crippen LogP contribution in [0.1, 0.15) is 43.0 Å². The first kappa shape index (κ1) is 31.9. The molecule has 4 aromatic rings. The Morgan fingerprint density at radius 3 is 1.30 bits per heavy atom. The van der Waals surface area contributed by atoms with Crippen molar-refractivity contribution >= 4 is 21.7 Å². The third-order valence-electron chi connectivity index (χ3n) is 6.81. The van der Waals surface area contributed by atoms with Crippen molar-refractivity contribution < 1.29 is 32.0 Å². The van der Waals surface area contributed by atoms with Gasteiger partial charge in [-0.15, -0.1) is 0 Å². The normalized spacial score (nSPS) is 11.5. The van der Waals surface area contributed by atoms with Crippen LogP contribution >= 0.6 is 0 Å². The molecule has 0 aromatic heterocycles. The molecule has 9 heteroatoms. The summed E-state index contributed by atoms with van der Waals surface area (Å²) in [6, 6.07) is 32.7. The Labute approximate surface area is 252 Å². The molecular weight excluding hydrogens is 566 g/mol. The quantitative estimate of drug-likeness (QED) is 0.102. The van der Waals surface area contributed by atoms with E-state index in [4.69, 9.17) is 9.47 Å². The highest BCUT2D eigenvalue weighted by Gasteiger charge is 2.12. The van der Waals surface area contributed by atoms with Crippen LogP contribution in [0.25, 0.3) is 0 Å². The zero-order valence-electron chi connectivity index (χ0n) is 23.8. The second kappa shape index (κ2) is 16.0. The summed E-state index contributed by atoms with van der Waals surface area (Å²) in [5, 5.41) is 0. The Morgan fingerprint density at radius 1 is 0.558 bits per heavy atom. The van der Waals surface area contributed by atoms with Crippen molar-refractivity contribution in [3.8, 4) is 0 Å². The summed E-state index contributed by atoms with van der Waals surface area (Å²) in [5.41, 5.74) is 4.29. The molecule has 0 bridgehead atoms. The van der Waals surface area contributed by atoms with Gasteiger partial charge in [0, 0.05) is 41.9 Å². The summed E-state index contributed by atoms with van der Waals surface area (Å²) in [6.45, 7) is 2.38. The number of hydrogen-bond donors (Lipinski definition) is 1. The molecule has 0 saturated heterocycles. The summed E-state index contributed by atoms with van der Waals surface area (Å²) >= 11 is 0. The zero-order valence-corrected chi connectivity index (χ0v) is 24.6. The number of hydrogen-bond acceptors (Lipinski definition) is 7. The highest BCUT2D eigenvalue weighted by atomic mass is 32.2. The number of ketones is 2. The Morgan fingerprint density at radius 2 is 0.930 bits per heavy atom. The summed E-state index contributed by atoms with van der Waals surface area (Å²) in [5.74, 6) is -0.472. The van der Waals surface area contributed by atoms with Crippen molar-refractivity contribution in [1.82, 2.24) is 4.90 Å². The van der Waals surface area contributed by atoms with E-state index in [0.717, 1.165) is 11.1 Å². The fourth-order valence-electron chi connectivity index (χ4n) is 4.36. The van der Waals surface area contributed by atoms with Crippen LogP contribution in [-0.2, 0) is 32.8 Å². The summed E-state index contributed by atoms with van der Waals surface area (Å²) < 4.78 is 43.4. The molecule has 0 spiro atoms. The monoisotopic (exact) mass is 601 g/mol. The number of carbonyl (C=O) groups excluding carboxylic acids is 2. The molecule has 0 unspecified atom stereocenters. The molecule has 0 atom stereocenters. The van der Waals surface area contributed by atoms with E-state index in [1.807, 2.05) is 65.6 Å². The van der Waals surface area contributed by atoms with Gasteiger partial charge >= 0.3 is 0 Å². The lowest BCUT2D eigenvalue weighted by Gasteiger charge is -2.21. The average molecular weight is 602 g/mol. The number of ether oxygens (including phenoxy) is 2. The molecule has 0 amide bonds. The molecule has 0 aliphatic rings. The van der Waals surface area contributed by atoms with Crippen molar-refractivity contribution in [1.29, 1.82) is 0 Å². The summed E-state index contributed by atoms with van der Waals surface area (Å²) in [6.07, 6.45) is 0. The first-order chi connectivity index (χ1) is 20.8. The van der Waals surface area contributed by atoms with Gasteiger partial charge in [0.05, 0.1) is 32.2 Å². The van der Waals surface area contributed by atoms with Crippen molar-refractivity contribution in [3.63, 3.8) is 0 Å². The second-order valence-corrected chi connectivity index (χ2v) is 11.6. The molecule has 1 N–H and O–H groups in total. The van der Waals surface area contributed by atoms with Crippen LogP contribution in [0.15, 0.2) is 109 Å². The lowest BCUT2D eigenvalue weighted by atomic mass is 10.0. The predicted molar refractivity (Wildman–Crippen MR) is 165 cm³/mol. The smallest absolute Gasteiger partial charge is 0.266 e. The van der Waals surface area contributed by atoms with Crippen LogP contribution in [0.5, 0.6) is 0 Å². The third kappa shape index (κ3) is 10.7. The van der Waals surface area contributed by atoms with Crippen LogP contribution < -0.4 is 0 Å². The highest BCUT2D eigenvalue weighted by Crippen LogP contribution is 2.13. The van der Waals surface area contributed by atoms with Gasteiger partial charge in [0.1, 0.15) is 0 Å². The van der Waals surface area contributed by atoms with Crippen molar-refractivity contribution in [3.05, 3.63) is 143 Å². The van der Waals surface area contributed by atoms with E-state index in [0.29, 0.717) is 61.8 Å². The largest absolute Gasteiger partial charge is 0.375 e. The van der Waals surface area contributed by atoms with Crippen LogP contribution in [0.4, 0.5) is 0 Å². The van der Waals surface area contributed by atoms with E-state index in [1.165, 1.54) is 0 Å². The number of rotatable bonds is 17. The fourth-order valence-corrected chi connectivity index (χ4v) is 4.85. The van der Waals surface area contributed by atoms with E-state index >= 15 is 0 Å². The molecule has 8 nitrogen and oxygen atoms in total. The lowest BCUT2D eigenvalue weighted by Crippen LogP contribution is -2.35. The van der Waals surface area contributed by atoms with Crippen molar-refractivity contribution in [2.75, 3.05) is 38.6 Å². The predicted octanol–water partition coefficient (Wildman–Crippen LogP) is 5.07. The average Bonchev–Trinajstić information content (AvgIpc) is 3.03. The maximum absolute atomic E-state index is 12.6. The van der Waals surface area contributed by atoms with E-state index in [9.17, 15) is 22.6 Å². The Balaban J connectivity index is 1.20. The Bertz CT molecular complexity index is 1450. The third-order valence-corrected chi connectivity index (χ3v) is 7.51. The van der Waals surface area contributed by atoms with Crippen LogP contribution in [0.3, 0.4) is 0 Å². The van der Waals surface area contributed by atoms with Gasteiger partial charge in [-0.05, 0) is 11.1 Å². The minimum absolute atomic E-state index is 0.0417. The van der Waals surface area contributed by atoms with Crippen molar-refractivity contribution in [2.24, 2.45) is 0 Å². The van der Waals surface area contributed by atoms with Gasteiger partial charge in [0.25, 0.3) is 10.1 Å².